The first-order chi connectivity index (χ1) is 28.9. The fourth-order valence-corrected chi connectivity index (χ4v) is 7.72. The van der Waals surface area contributed by atoms with Crippen LogP contribution in [0.2, 0.25) is 5.02 Å². The predicted molar refractivity (Wildman–Crippen MR) is 225 cm³/mol. The van der Waals surface area contributed by atoms with E-state index in [-0.39, 0.29) is 44.9 Å². The van der Waals surface area contributed by atoms with Gasteiger partial charge in [0, 0.05) is 24.1 Å². The third kappa shape index (κ3) is 11.7. The topological polar surface area (TPSA) is 102 Å². The zero-order valence-electron chi connectivity index (χ0n) is 33.6. The zero-order chi connectivity index (χ0) is 41.0. The summed E-state index contributed by atoms with van der Waals surface area (Å²) in [5.74, 6) is 1.33. The Labute approximate surface area is 352 Å². The highest BCUT2D eigenvalue weighted by Gasteiger charge is 2.50. The second kappa shape index (κ2) is 21.0. The van der Waals surface area contributed by atoms with Crippen LogP contribution in [0.15, 0.2) is 127 Å². The van der Waals surface area contributed by atoms with E-state index in [4.69, 9.17) is 44.8 Å². The molecule has 7 unspecified atom stereocenters. The van der Waals surface area contributed by atoms with Crippen LogP contribution in [0.5, 0.6) is 11.5 Å². The highest BCUT2D eigenvalue weighted by molar-refractivity contribution is 6.31. The Balaban J connectivity index is 1.31. The fourth-order valence-electron chi connectivity index (χ4n) is 7.50. The zero-order valence-corrected chi connectivity index (χ0v) is 34.4. The van der Waals surface area contributed by atoms with Gasteiger partial charge in [-0.05, 0) is 83.7 Å². The van der Waals surface area contributed by atoms with E-state index in [1.165, 1.54) is 6.92 Å². The minimum absolute atomic E-state index is 0.0784. The number of hydrogen-bond acceptors (Lipinski definition) is 9. The number of benzene rings is 5. The summed E-state index contributed by atoms with van der Waals surface area (Å²) >= 11 is 7.10. The van der Waals surface area contributed by atoms with E-state index in [1.807, 2.05) is 134 Å². The van der Waals surface area contributed by atoms with Crippen molar-refractivity contribution in [1.29, 1.82) is 0 Å². The van der Waals surface area contributed by atoms with Gasteiger partial charge in [0.1, 0.15) is 48.6 Å². The summed E-state index contributed by atoms with van der Waals surface area (Å²) in [5.41, 5.74) is 5.56. The van der Waals surface area contributed by atoms with Gasteiger partial charge in [-0.2, -0.15) is 0 Å². The van der Waals surface area contributed by atoms with Crippen molar-refractivity contribution in [3.05, 3.63) is 166 Å². The summed E-state index contributed by atoms with van der Waals surface area (Å²) in [6.07, 6.45) is -2.28. The minimum atomic E-state index is -0.782. The number of esters is 1. The van der Waals surface area contributed by atoms with Crippen LogP contribution in [0.1, 0.15) is 59.8 Å². The van der Waals surface area contributed by atoms with Gasteiger partial charge in [-0.1, -0.05) is 115 Å². The molecule has 0 spiro atoms. The first kappa shape index (κ1) is 42.4. The van der Waals surface area contributed by atoms with Crippen molar-refractivity contribution in [3.63, 3.8) is 0 Å². The molecule has 0 amide bonds. The van der Waals surface area contributed by atoms with Crippen molar-refractivity contribution in [3.8, 4) is 11.5 Å². The quantitative estimate of drug-likeness (QED) is 0.0771. The molecule has 1 aliphatic heterocycles. The van der Waals surface area contributed by atoms with Gasteiger partial charge in [-0.25, -0.2) is 0 Å². The Bertz CT molecular complexity index is 2050. The molecule has 310 valence electrons. The molecular weight excluding hydrogens is 768 g/mol. The first-order valence-corrected chi connectivity index (χ1v) is 20.8. The molecule has 0 radical (unpaired) electrons. The molecule has 10 heteroatoms. The maximum Gasteiger partial charge on any atom is 0.302 e. The molecule has 0 aromatic heterocycles. The lowest BCUT2D eigenvalue weighted by Gasteiger charge is -2.46. The Morgan fingerprint density at radius 1 is 0.695 bits per heavy atom. The van der Waals surface area contributed by atoms with Crippen molar-refractivity contribution in [1.82, 2.24) is 0 Å². The highest BCUT2D eigenvalue weighted by Crippen LogP contribution is 2.45. The predicted octanol–water partition coefficient (Wildman–Crippen LogP) is 9.10. The lowest BCUT2D eigenvalue weighted by Crippen LogP contribution is -2.58. The number of hydrogen-bond donors (Lipinski definition) is 1. The molecule has 1 saturated carbocycles. The summed E-state index contributed by atoms with van der Waals surface area (Å²) in [6, 6.07) is 41.7. The Morgan fingerprint density at radius 2 is 1.27 bits per heavy atom. The number of aliphatic hydroxyl groups excluding tert-OH is 1. The Kier molecular flexibility index (Phi) is 15.1. The molecule has 59 heavy (non-hydrogen) atoms. The maximum absolute atomic E-state index is 12.4. The van der Waals surface area contributed by atoms with Crippen LogP contribution in [-0.2, 0) is 54.7 Å². The molecular formula is C49H53ClO9. The number of carbonyl (C=O) groups excluding carboxylic acids is 1. The SMILES string of the molecule is CCOc1ccc(Cc2cc(C3OC(COC(C)=O)C(OCc4ccccc4)C(OCc4ccccc4)C3OCc3ccccc3)c(OCC3CC3CO)cc2Cl)cc1. The number of halogens is 1. The van der Waals surface area contributed by atoms with Gasteiger partial charge in [0.05, 0.1) is 33.0 Å². The van der Waals surface area contributed by atoms with Crippen LogP contribution in [0, 0.1) is 11.8 Å². The lowest BCUT2D eigenvalue weighted by atomic mass is 9.88. The monoisotopic (exact) mass is 820 g/mol. The van der Waals surface area contributed by atoms with Crippen LogP contribution in [0.25, 0.3) is 0 Å². The van der Waals surface area contributed by atoms with Gasteiger partial charge in [0.15, 0.2) is 0 Å². The molecule has 1 aliphatic carbocycles. The van der Waals surface area contributed by atoms with Gasteiger partial charge >= 0.3 is 5.97 Å². The average Bonchev–Trinajstić information content (AvgIpc) is 4.04. The molecule has 0 bridgehead atoms. The summed E-state index contributed by atoms with van der Waals surface area (Å²) < 4.78 is 45.8. The molecule has 7 rings (SSSR count). The van der Waals surface area contributed by atoms with E-state index in [0.29, 0.717) is 30.4 Å². The van der Waals surface area contributed by atoms with Crippen molar-refractivity contribution in [2.45, 2.75) is 77.0 Å². The molecule has 7 atom stereocenters. The third-order valence-corrected chi connectivity index (χ3v) is 11.2. The van der Waals surface area contributed by atoms with Crippen LogP contribution in [-0.4, -0.2) is 61.9 Å². The molecule has 1 N–H and O–H groups in total. The third-order valence-electron chi connectivity index (χ3n) is 10.8. The van der Waals surface area contributed by atoms with E-state index in [1.54, 1.807) is 0 Å². The van der Waals surface area contributed by atoms with E-state index < -0.39 is 36.5 Å². The molecule has 5 aromatic rings. The summed E-state index contributed by atoms with van der Waals surface area (Å²) in [6.45, 7) is 5.16. The van der Waals surface area contributed by atoms with Crippen molar-refractivity contribution in [2.24, 2.45) is 11.8 Å². The van der Waals surface area contributed by atoms with Crippen LogP contribution < -0.4 is 9.47 Å². The highest BCUT2D eigenvalue weighted by atomic mass is 35.5. The summed E-state index contributed by atoms with van der Waals surface area (Å²) in [5, 5.41) is 10.4. The van der Waals surface area contributed by atoms with E-state index >= 15 is 0 Å². The van der Waals surface area contributed by atoms with E-state index in [0.717, 1.165) is 45.6 Å². The van der Waals surface area contributed by atoms with Gasteiger partial charge in [0.2, 0.25) is 0 Å². The smallest absolute Gasteiger partial charge is 0.302 e. The van der Waals surface area contributed by atoms with E-state index in [2.05, 4.69) is 0 Å². The largest absolute Gasteiger partial charge is 0.494 e. The Hall–Kier alpha value is -4.74. The van der Waals surface area contributed by atoms with E-state index in [9.17, 15) is 9.90 Å². The standard InChI is InChI=1S/C49H53ClO9/c1-3-53-41-21-19-34(20-22-41)23-38-25-42(44(26-43(38)50)55-31-40-24-39(40)27-51)46-48(57-29-36-15-9-5-10-16-36)49(58-30-37-17-11-6-12-18-37)47(45(59-46)32-54-33(2)52)56-28-35-13-7-4-8-14-35/h4-22,25-26,39-40,45-49,51H,3,23-24,27-32H2,1-2H3. The van der Waals surface area contributed by atoms with Gasteiger partial charge < -0.3 is 38.3 Å². The molecule has 1 heterocycles. The number of ether oxygens (including phenoxy) is 7. The first-order valence-electron chi connectivity index (χ1n) is 20.4. The summed E-state index contributed by atoms with van der Waals surface area (Å²) in [4.78, 5) is 12.4. The molecule has 9 nitrogen and oxygen atoms in total. The molecule has 1 saturated heterocycles. The van der Waals surface area contributed by atoms with Crippen LogP contribution >= 0.6 is 11.6 Å². The summed E-state index contributed by atoms with van der Waals surface area (Å²) in [7, 11) is 0. The van der Waals surface area contributed by atoms with Crippen LogP contribution in [0.3, 0.4) is 0 Å². The normalized spacial score (nSPS) is 22.4. The van der Waals surface area contributed by atoms with Crippen molar-refractivity contribution >= 4 is 17.6 Å². The van der Waals surface area contributed by atoms with Crippen molar-refractivity contribution < 1.29 is 43.1 Å². The van der Waals surface area contributed by atoms with Gasteiger partial charge in [-0.15, -0.1) is 0 Å². The van der Waals surface area contributed by atoms with Crippen LogP contribution in [0.4, 0.5) is 0 Å². The molecule has 2 fully saturated rings. The fraction of sp³-hybridized carbons (Fsp3) is 0.367. The second-order valence-corrected chi connectivity index (χ2v) is 15.6. The maximum atomic E-state index is 12.4. The minimum Gasteiger partial charge on any atom is -0.494 e. The number of aliphatic hydroxyl groups is 1. The second-order valence-electron chi connectivity index (χ2n) is 15.2. The number of rotatable bonds is 20. The van der Waals surface area contributed by atoms with Gasteiger partial charge in [0.25, 0.3) is 0 Å². The lowest BCUT2D eigenvalue weighted by molar-refractivity contribution is -0.273. The van der Waals surface area contributed by atoms with Crippen molar-refractivity contribution in [2.75, 3.05) is 26.4 Å². The average molecular weight is 821 g/mol. The Morgan fingerprint density at radius 3 is 1.81 bits per heavy atom. The molecule has 5 aromatic carbocycles. The van der Waals surface area contributed by atoms with Gasteiger partial charge in [-0.3, -0.25) is 4.79 Å². The molecule has 2 aliphatic rings. The number of carbonyl (C=O) groups is 1.